The number of rotatable bonds is 6. The quantitative estimate of drug-likeness (QED) is 0.461. The number of ether oxygens (including phenoxy) is 1. The molecular weight excluding hydrogens is 360 g/mol. The van der Waals surface area contributed by atoms with Gasteiger partial charge in [0.05, 0.1) is 30.1 Å². The van der Waals surface area contributed by atoms with Gasteiger partial charge in [-0.05, 0) is 24.6 Å². The van der Waals surface area contributed by atoms with Crippen molar-refractivity contribution in [2.45, 2.75) is 19.8 Å². The van der Waals surface area contributed by atoms with Gasteiger partial charge in [0.25, 0.3) is 0 Å². The first-order chi connectivity index (χ1) is 12.4. The highest BCUT2D eigenvalue weighted by Crippen LogP contribution is 2.35. The van der Waals surface area contributed by atoms with Crippen LogP contribution in [0.25, 0.3) is 16.3 Å². The van der Waals surface area contributed by atoms with E-state index >= 15 is 0 Å². The zero-order valence-electron chi connectivity index (χ0n) is 14.5. The largest absolute Gasteiger partial charge is 0.465 e. The minimum absolute atomic E-state index is 0.00197. The molecule has 0 aliphatic rings. The number of carbonyl (C=O) groups excluding carboxylic acids is 1. The number of benzene rings is 1. The first-order valence-electron chi connectivity index (χ1n) is 7.99. The van der Waals surface area contributed by atoms with Crippen LogP contribution in [0.3, 0.4) is 0 Å². The van der Waals surface area contributed by atoms with E-state index < -0.39 is 17.6 Å². The van der Waals surface area contributed by atoms with Crippen molar-refractivity contribution < 1.29 is 18.3 Å². The summed E-state index contributed by atoms with van der Waals surface area (Å²) in [6.07, 6.45) is 5.14. The van der Waals surface area contributed by atoms with Gasteiger partial charge in [0, 0.05) is 15.8 Å². The Labute approximate surface area is 155 Å². The monoisotopic (exact) mass is 377 g/mol. The summed E-state index contributed by atoms with van der Waals surface area (Å²) in [4.78, 5) is 15.8. The summed E-state index contributed by atoms with van der Waals surface area (Å²) in [5.74, 6) is -1.87. The average molecular weight is 378 g/mol. The third-order valence-electron chi connectivity index (χ3n) is 3.77. The van der Waals surface area contributed by atoms with Crippen LogP contribution < -0.4 is 0 Å². The Bertz CT molecular complexity index is 919. The molecule has 136 valence electrons. The molecule has 1 aromatic heterocycles. The second-order valence-corrected chi connectivity index (χ2v) is 5.88. The van der Waals surface area contributed by atoms with Crippen molar-refractivity contribution in [2.24, 2.45) is 0 Å². The number of aromatic nitrogens is 1. The summed E-state index contributed by atoms with van der Waals surface area (Å²) < 4.78 is 33.4. The van der Waals surface area contributed by atoms with Gasteiger partial charge in [-0.2, -0.15) is 0 Å². The van der Waals surface area contributed by atoms with Gasteiger partial charge in [0.2, 0.25) is 0 Å². The summed E-state index contributed by atoms with van der Waals surface area (Å²) in [6.45, 7) is 5.39. The number of fused-ring (bicyclic) bond motifs is 1. The zero-order valence-corrected chi connectivity index (χ0v) is 15.2. The number of unbranched alkanes of at least 4 members (excludes halogenated alkanes) is 1. The molecule has 0 radical (unpaired) electrons. The van der Waals surface area contributed by atoms with Gasteiger partial charge in [0.15, 0.2) is 0 Å². The SMILES string of the molecule is C=C/C(F)=C(\C(Cl)=C/CCC)c1ncc(F)c2ccc(C(=O)OC)cc12. The maximum Gasteiger partial charge on any atom is 0.337 e. The number of carbonyl (C=O) groups is 1. The second-order valence-electron chi connectivity index (χ2n) is 5.47. The standard InChI is InChI=1S/C20H18ClF2NO2/c1-4-6-7-15(21)18(16(22)5-2)19-14-10-12(20(25)26-3)8-9-13(14)17(23)11-24-19/h5,7-11H,2,4,6H2,1,3H3/b15-7+,18-16-. The molecule has 0 aliphatic heterocycles. The summed E-state index contributed by atoms with van der Waals surface area (Å²) in [5, 5.41) is 0.591. The van der Waals surface area contributed by atoms with Gasteiger partial charge in [-0.25, -0.2) is 13.6 Å². The lowest BCUT2D eigenvalue weighted by atomic mass is 10.00. The Morgan fingerprint density at radius 1 is 1.38 bits per heavy atom. The normalized spacial score (nSPS) is 12.7. The molecule has 6 heteroatoms. The minimum Gasteiger partial charge on any atom is -0.465 e. The smallest absolute Gasteiger partial charge is 0.337 e. The minimum atomic E-state index is -0.689. The van der Waals surface area contributed by atoms with Crippen LogP contribution in [0.15, 0.2) is 54.0 Å². The molecule has 0 saturated carbocycles. The molecule has 0 N–H and O–H groups in total. The number of hydrogen-bond donors (Lipinski definition) is 0. The maximum absolute atomic E-state index is 14.5. The zero-order chi connectivity index (χ0) is 19.3. The van der Waals surface area contributed by atoms with E-state index in [9.17, 15) is 13.6 Å². The Morgan fingerprint density at radius 2 is 2.12 bits per heavy atom. The molecule has 1 aromatic carbocycles. The summed E-state index contributed by atoms with van der Waals surface area (Å²) in [5.41, 5.74) is 0.324. The molecule has 0 fully saturated rings. The number of esters is 1. The fourth-order valence-corrected chi connectivity index (χ4v) is 2.76. The third kappa shape index (κ3) is 3.99. The highest BCUT2D eigenvalue weighted by Gasteiger charge is 2.19. The van der Waals surface area contributed by atoms with E-state index in [4.69, 9.17) is 16.3 Å². The van der Waals surface area contributed by atoms with E-state index in [0.717, 1.165) is 18.7 Å². The van der Waals surface area contributed by atoms with E-state index in [1.807, 2.05) is 6.92 Å². The molecule has 0 aliphatic carbocycles. The lowest BCUT2D eigenvalue weighted by Gasteiger charge is -2.12. The topological polar surface area (TPSA) is 39.2 Å². The molecular formula is C20H18ClF2NO2. The molecule has 0 spiro atoms. The maximum atomic E-state index is 14.5. The molecule has 0 amide bonds. The molecule has 2 rings (SSSR count). The van der Waals surface area contributed by atoms with Gasteiger partial charge >= 0.3 is 5.97 Å². The molecule has 1 heterocycles. The number of allylic oxidation sites excluding steroid dienone is 5. The van der Waals surface area contributed by atoms with Crippen LogP contribution in [0.2, 0.25) is 0 Å². The van der Waals surface area contributed by atoms with Crippen LogP contribution in [-0.2, 0) is 4.74 Å². The van der Waals surface area contributed by atoms with Gasteiger partial charge in [-0.1, -0.05) is 43.7 Å². The van der Waals surface area contributed by atoms with Crippen molar-refractivity contribution in [1.82, 2.24) is 4.98 Å². The number of halogens is 3. The Hall–Kier alpha value is -2.53. The molecule has 0 unspecified atom stereocenters. The first-order valence-corrected chi connectivity index (χ1v) is 8.37. The fraction of sp³-hybridized carbons (Fsp3) is 0.200. The van der Waals surface area contributed by atoms with Crippen molar-refractivity contribution in [1.29, 1.82) is 0 Å². The summed E-state index contributed by atoms with van der Waals surface area (Å²) in [7, 11) is 1.24. The van der Waals surface area contributed by atoms with Crippen molar-refractivity contribution in [3.05, 3.63) is 71.1 Å². The highest BCUT2D eigenvalue weighted by atomic mass is 35.5. The van der Waals surface area contributed by atoms with E-state index in [0.29, 0.717) is 6.42 Å². The van der Waals surface area contributed by atoms with Crippen LogP contribution in [0.1, 0.15) is 35.8 Å². The second kappa shape index (κ2) is 8.72. The predicted octanol–water partition coefficient (Wildman–Crippen LogP) is 5.95. The van der Waals surface area contributed by atoms with Crippen molar-refractivity contribution in [2.75, 3.05) is 7.11 Å². The van der Waals surface area contributed by atoms with Crippen LogP contribution in [0, 0.1) is 5.82 Å². The number of nitrogens with zero attached hydrogens (tertiary/aromatic N) is 1. The first kappa shape index (κ1) is 19.8. The average Bonchev–Trinajstić information content (AvgIpc) is 2.67. The lowest BCUT2D eigenvalue weighted by molar-refractivity contribution is 0.0601. The van der Waals surface area contributed by atoms with Gasteiger partial charge < -0.3 is 4.74 Å². The summed E-state index contributed by atoms with van der Waals surface area (Å²) in [6, 6.07) is 4.27. The number of methoxy groups -OCH3 is 1. The molecule has 0 bridgehead atoms. The molecule has 2 aromatic rings. The molecule has 0 atom stereocenters. The van der Waals surface area contributed by atoms with Crippen LogP contribution in [0.5, 0.6) is 0 Å². The summed E-state index contributed by atoms with van der Waals surface area (Å²) >= 11 is 6.29. The number of hydrogen-bond acceptors (Lipinski definition) is 3. The van der Waals surface area contributed by atoms with Gasteiger partial charge in [-0.15, -0.1) is 0 Å². The van der Waals surface area contributed by atoms with Crippen molar-refractivity contribution in [3.8, 4) is 0 Å². The van der Waals surface area contributed by atoms with Crippen LogP contribution >= 0.6 is 11.6 Å². The van der Waals surface area contributed by atoms with Crippen molar-refractivity contribution in [3.63, 3.8) is 0 Å². The molecule has 0 saturated heterocycles. The van der Waals surface area contributed by atoms with Crippen molar-refractivity contribution >= 4 is 33.9 Å². The third-order valence-corrected chi connectivity index (χ3v) is 4.11. The lowest BCUT2D eigenvalue weighted by Crippen LogP contribution is -2.03. The highest BCUT2D eigenvalue weighted by molar-refractivity contribution is 6.37. The van der Waals surface area contributed by atoms with E-state index in [1.165, 1.54) is 25.3 Å². The van der Waals surface area contributed by atoms with E-state index in [2.05, 4.69) is 11.6 Å². The Morgan fingerprint density at radius 3 is 2.73 bits per heavy atom. The van der Waals surface area contributed by atoms with Crippen LogP contribution in [0.4, 0.5) is 8.78 Å². The number of pyridine rings is 1. The Kier molecular flexibility index (Phi) is 6.64. The molecule has 3 nitrogen and oxygen atoms in total. The van der Waals surface area contributed by atoms with Gasteiger partial charge in [-0.3, -0.25) is 4.98 Å². The fourth-order valence-electron chi connectivity index (χ4n) is 2.47. The Balaban J connectivity index is 2.82. The molecule has 26 heavy (non-hydrogen) atoms. The van der Waals surface area contributed by atoms with Gasteiger partial charge in [0.1, 0.15) is 11.6 Å². The van der Waals surface area contributed by atoms with E-state index in [-0.39, 0.29) is 32.6 Å². The van der Waals surface area contributed by atoms with E-state index in [1.54, 1.807) is 6.08 Å². The predicted molar refractivity (Wildman–Crippen MR) is 100 cm³/mol. The van der Waals surface area contributed by atoms with Crippen LogP contribution in [-0.4, -0.2) is 18.1 Å².